The maximum Gasteiger partial charge on any atom is 0.220 e. The van der Waals surface area contributed by atoms with Gasteiger partial charge in [0, 0.05) is 17.7 Å². The number of fused-ring (bicyclic) bond motifs is 1. The number of carbonyl (C=O) groups is 1. The van der Waals surface area contributed by atoms with Crippen molar-refractivity contribution in [2.24, 2.45) is 0 Å². The summed E-state index contributed by atoms with van der Waals surface area (Å²) in [6.45, 7) is 0.678. The van der Waals surface area contributed by atoms with Crippen LogP contribution in [0.4, 0.5) is 0 Å². The van der Waals surface area contributed by atoms with E-state index in [-0.39, 0.29) is 5.91 Å². The molecule has 0 aliphatic rings. The Balaban J connectivity index is 1.45. The van der Waals surface area contributed by atoms with Crippen LogP contribution in [0.25, 0.3) is 10.1 Å². The van der Waals surface area contributed by atoms with Crippen LogP contribution in [0.3, 0.4) is 0 Å². The third-order valence-electron chi connectivity index (χ3n) is 4.05. The number of carbonyl (C=O) groups excluding carboxylic acids is 1. The van der Waals surface area contributed by atoms with E-state index in [4.69, 9.17) is 4.74 Å². The zero-order valence-electron chi connectivity index (χ0n) is 13.7. The third kappa shape index (κ3) is 4.15. The van der Waals surface area contributed by atoms with Gasteiger partial charge in [0.1, 0.15) is 5.75 Å². The maximum atomic E-state index is 12.0. The highest BCUT2D eigenvalue weighted by molar-refractivity contribution is 7.17. The molecule has 24 heavy (non-hydrogen) atoms. The fraction of sp³-hybridized carbons (Fsp3) is 0.250. The first-order valence-corrected chi connectivity index (χ1v) is 8.99. The van der Waals surface area contributed by atoms with Crippen LogP contribution < -0.4 is 10.1 Å². The molecule has 0 saturated carbocycles. The molecular weight excluding hydrogens is 318 g/mol. The molecule has 0 saturated heterocycles. The van der Waals surface area contributed by atoms with Crippen molar-refractivity contribution < 1.29 is 9.53 Å². The van der Waals surface area contributed by atoms with Crippen molar-refractivity contribution in [1.82, 2.24) is 5.32 Å². The van der Waals surface area contributed by atoms with Gasteiger partial charge < -0.3 is 10.1 Å². The van der Waals surface area contributed by atoms with Crippen molar-refractivity contribution in [3.63, 3.8) is 0 Å². The Morgan fingerprint density at radius 1 is 1.12 bits per heavy atom. The zero-order chi connectivity index (χ0) is 16.8. The van der Waals surface area contributed by atoms with Gasteiger partial charge in [-0.2, -0.15) is 0 Å². The number of amides is 1. The molecule has 2 aromatic carbocycles. The Morgan fingerprint density at radius 2 is 2.00 bits per heavy atom. The third-order valence-corrected chi connectivity index (χ3v) is 5.06. The number of methoxy groups -OCH3 is 1. The van der Waals surface area contributed by atoms with Crippen LogP contribution in [-0.2, 0) is 17.6 Å². The van der Waals surface area contributed by atoms with Crippen LogP contribution in [0.15, 0.2) is 53.9 Å². The van der Waals surface area contributed by atoms with Crippen molar-refractivity contribution in [1.29, 1.82) is 0 Å². The van der Waals surface area contributed by atoms with Crippen molar-refractivity contribution in [2.75, 3.05) is 13.7 Å². The Morgan fingerprint density at radius 3 is 2.88 bits per heavy atom. The van der Waals surface area contributed by atoms with Crippen molar-refractivity contribution in [2.45, 2.75) is 19.3 Å². The standard InChI is InChI=1S/C20H21NO2S/c1-23-17-6-4-5-15(13-17)9-10-20(22)21-12-11-16-14-24-19-8-3-2-7-18(16)19/h2-8,13-14H,9-12H2,1H3,(H,21,22). The average Bonchev–Trinajstić information content (AvgIpc) is 3.03. The molecule has 4 heteroatoms. The van der Waals surface area contributed by atoms with E-state index in [1.54, 1.807) is 18.4 Å². The number of hydrogen-bond acceptors (Lipinski definition) is 3. The van der Waals surface area contributed by atoms with E-state index in [1.807, 2.05) is 24.3 Å². The van der Waals surface area contributed by atoms with Gasteiger partial charge in [-0.15, -0.1) is 11.3 Å². The summed E-state index contributed by atoms with van der Waals surface area (Å²) >= 11 is 1.76. The summed E-state index contributed by atoms with van der Waals surface area (Å²) in [6, 6.07) is 16.3. The van der Waals surface area contributed by atoms with Crippen molar-refractivity contribution >= 4 is 27.3 Å². The highest BCUT2D eigenvalue weighted by atomic mass is 32.1. The fourth-order valence-corrected chi connectivity index (χ4v) is 3.73. The fourth-order valence-electron chi connectivity index (χ4n) is 2.74. The predicted octanol–water partition coefficient (Wildman–Crippen LogP) is 4.20. The molecule has 1 N–H and O–H groups in total. The average molecular weight is 339 g/mol. The summed E-state index contributed by atoms with van der Waals surface area (Å²) in [7, 11) is 1.65. The molecule has 0 fully saturated rings. The summed E-state index contributed by atoms with van der Waals surface area (Å²) in [5.74, 6) is 0.926. The molecule has 1 heterocycles. The van der Waals surface area contributed by atoms with Gasteiger partial charge in [0.25, 0.3) is 0 Å². The lowest BCUT2D eigenvalue weighted by atomic mass is 10.1. The van der Waals surface area contributed by atoms with E-state index in [2.05, 4.69) is 35.0 Å². The second-order valence-electron chi connectivity index (χ2n) is 5.71. The van der Waals surface area contributed by atoms with E-state index < -0.39 is 0 Å². The Bertz CT molecular complexity index is 825. The summed E-state index contributed by atoms with van der Waals surface area (Å²) in [5, 5.41) is 6.51. The number of ether oxygens (including phenoxy) is 1. The van der Waals surface area contributed by atoms with Gasteiger partial charge in [0.2, 0.25) is 5.91 Å². The smallest absolute Gasteiger partial charge is 0.220 e. The molecule has 0 aliphatic carbocycles. The molecule has 1 amide bonds. The molecule has 3 aromatic rings. The summed E-state index contributed by atoms with van der Waals surface area (Å²) in [6.07, 6.45) is 2.09. The van der Waals surface area contributed by atoms with E-state index >= 15 is 0 Å². The molecule has 0 unspecified atom stereocenters. The quantitative estimate of drug-likeness (QED) is 0.700. The molecule has 3 rings (SSSR count). The van der Waals surface area contributed by atoms with E-state index in [9.17, 15) is 4.79 Å². The van der Waals surface area contributed by atoms with E-state index in [0.717, 1.165) is 24.2 Å². The molecule has 0 bridgehead atoms. The van der Waals surface area contributed by atoms with Gasteiger partial charge >= 0.3 is 0 Å². The lowest BCUT2D eigenvalue weighted by Crippen LogP contribution is -2.25. The van der Waals surface area contributed by atoms with Crippen molar-refractivity contribution in [3.05, 3.63) is 65.0 Å². The van der Waals surface area contributed by atoms with Crippen molar-refractivity contribution in [3.8, 4) is 5.75 Å². The Labute approximate surface area is 146 Å². The molecule has 0 radical (unpaired) electrons. The highest BCUT2D eigenvalue weighted by Crippen LogP contribution is 2.25. The number of nitrogens with one attached hydrogen (secondary N) is 1. The normalized spacial score (nSPS) is 10.7. The molecule has 0 atom stereocenters. The number of thiophene rings is 1. The summed E-state index contributed by atoms with van der Waals surface area (Å²) in [4.78, 5) is 12.0. The molecule has 0 spiro atoms. The summed E-state index contributed by atoms with van der Waals surface area (Å²) < 4.78 is 6.51. The second-order valence-corrected chi connectivity index (χ2v) is 6.62. The minimum absolute atomic E-state index is 0.0948. The van der Waals surface area contributed by atoms with Gasteiger partial charge in [0.15, 0.2) is 0 Å². The van der Waals surface area contributed by atoms with Gasteiger partial charge in [-0.1, -0.05) is 30.3 Å². The van der Waals surface area contributed by atoms with Gasteiger partial charge in [-0.05, 0) is 52.9 Å². The van der Waals surface area contributed by atoms with Crippen LogP contribution in [-0.4, -0.2) is 19.6 Å². The Kier molecular flexibility index (Phi) is 5.49. The first-order chi connectivity index (χ1) is 11.8. The van der Waals surface area contributed by atoms with Gasteiger partial charge in [-0.25, -0.2) is 0 Å². The predicted molar refractivity (Wildman–Crippen MR) is 99.9 cm³/mol. The van der Waals surface area contributed by atoms with E-state index in [0.29, 0.717) is 13.0 Å². The lowest BCUT2D eigenvalue weighted by molar-refractivity contribution is -0.121. The number of benzene rings is 2. The zero-order valence-corrected chi connectivity index (χ0v) is 14.6. The lowest BCUT2D eigenvalue weighted by Gasteiger charge is -2.06. The van der Waals surface area contributed by atoms with Crippen LogP contribution in [0.5, 0.6) is 5.75 Å². The SMILES string of the molecule is COc1cccc(CCC(=O)NCCc2csc3ccccc23)c1. The molecule has 0 aliphatic heterocycles. The molecule has 3 nitrogen and oxygen atoms in total. The van der Waals surface area contributed by atoms with Gasteiger partial charge in [-0.3, -0.25) is 4.79 Å². The van der Waals surface area contributed by atoms with Gasteiger partial charge in [0.05, 0.1) is 7.11 Å². The highest BCUT2D eigenvalue weighted by Gasteiger charge is 2.06. The topological polar surface area (TPSA) is 38.3 Å². The number of aryl methyl sites for hydroxylation is 1. The Hall–Kier alpha value is -2.33. The van der Waals surface area contributed by atoms with E-state index in [1.165, 1.54) is 15.6 Å². The monoisotopic (exact) mass is 339 g/mol. The molecular formula is C20H21NO2S. The minimum Gasteiger partial charge on any atom is -0.497 e. The second kappa shape index (κ2) is 7.97. The number of rotatable bonds is 7. The number of hydrogen-bond donors (Lipinski definition) is 1. The molecule has 124 valence electrons. The van der Waals surface area contributed by atoms with Crippen LogP contribution in [0.1, 0.15) is 17.5 Å². The first-order valence-electron chi connectivity index (χ1n) is 8.11. The largest absolute Gasteiger partial charge is 0.497 e. The van der Waals surface area contributed by atoms with Crippen LogP contribution >= 0.6 is 11.3 Å². The van der Waals surface area contributed by atoms with Crippen LogP contribution in [0, 0.1) is 0 Å². The first kappa shape index (κ1) is 16.5. The summed E-state index contributed by atoms with van der Waals surface area (Å²) in [5.41, 5.74) is 2.43. The minimum atomic E-state index is 0.0948. The maximum absolute atomic E-state index is 12.0. The molecule has 1 aromatic heterocycles. The van der Waals surface area contributed by atoms with Crippen LogP contribution in [0.2, 0.25) is 0 Å².